The van der Waals surface area contributed by atoms with Gasteiger partial charge in [-0.15, -0.1) is 0 Å². The zero-order valence-electron chi connectivity index (χ0n) is 15.0. The second-order valence-corrected chi connectivity index (χ2v) is 6.23. The van der Waals surface area contributed by atoms with Crippen molar-refractivity contribution < 1.29 is 9.53 Å². The van der Waals surface area contributed by atoms with E-state index in [4.69, 9.17) is 4.74 Å². The molecule has 0 aromatic carbocycles. The Labute approximate surface area is 143 Å². The maximum Gasteiger partial charge on any atom is 0.263 e. The predicted molar refractivity (Wildman–Crippen MR) is 94.3 cm³/mol. The van der Waals surface area contributed by atoms with E-state index in [1.807, 2.05) is 30.7 Å². The summed E-state index contributed by atoms with van der Waals surface area (Å²) < 4.78 is 7.46. The second-order valence-electron chi connectivity index (χ2n) is 6.23. The maximum atomic E-state index is 12.2. The van der Waals surface area contributed by atoms with Gasteiger partial charge in [-0.25, -0.2) is 4.68 Å². The fourth-order valence-corrected chi connectivity index (χ4v) is 2.32. The Balaban J connectivity index is 1.99. The zero-order valence-corrected chi connectivity index (χ0v) is 15.0. The van der Waals surface area contributed by atoms with Crippen LogP contribution in [0.1, 0.15) is 45.1 Å². The third kappa shape index (κ3) is 4.34. The lowest BCUT2D eigenvalue weighted by molar-refractivity contribution is -0.118. The number of amides is 1. The molecule has 2 aromatic heterocycles. The van der Waals surface area contributed by atoms with Gasteiger partial charge in [-0.1, -0.05) is 20.8 Å². The van der Waals surface area contributed by atoms with Crippen LogP contribution in [0.15, 0.2) is 24.4 Å². The highest BCUT2D eigenvalue weighted by molar-refractivity contribution is 5.91. The van der Waals surface area contributed by atoms with Gasteiger partial charge in [0.25, 0.3) is 5.91 Å². The van der Waals surface area contributed by atoms with Gasteiger partial charge >= 0.3 is 0 Å². The van der Waals surface area contributed by atoms with E-state index in [9.17, 15) is 4.79 Å². The normalized spacial score (nSPS) is 12.2. The van der Waals surface area contributed by atoms with Crippen LogP contribution in [-0.2, 0) is 11.2 Å². The molecule has 6 nitrogen and oxygen atoms in total. The molecule has 0 bridgehead atoms. The quantitative estimate of drug-likeness (QED) is 0.845. The molecule has 0 saturated carbocycles. The molecule has 2 rings (SSSR count). The van der Waals surface area contributed by atoms with E-state index in [0.29, 0.717) is 17.5 Å². The van der Waals surface area contributed by atoms with Crippen molar-refractivity contribution in [1.82, 2.24) is 14.8 Å². The van der Waals surface area contributed by atoms with Gasteiger partial charge in [0.15, 0.2) is 6.61 Å². The SMILES string of the molecule is CCc1nc(C)ccc1OCC(=O)Nc1ccnn1C(C)C(C)C. The van der Waals surface area contributed by atoms with Crippen molar-refractivity contribution in [1.29, 1.82) is 0 Å². The number of anilines is 1. The minimum Gasteiger partial charge on any atom is -0.482 e. The van der Waals surface area contributed by atoms with Crippen molar-refractivity contribution in [2.45, 2.75) is 47.1 Å². The molecule has 1 atom stereocenters. The van der Waals surface area contributed by atoms with Gasteiger partial charge < -0.3 is 10.1 Å². The van der Waals surface area contributed by atoms with Crippen LogP contribution in [0.2, 0.25) is 0 Å². The number of hydrogen-bond donors (Lipinski definition) is 1. The Morgan fingerprint density at radius 1 is 1.29 bits per heavy atom. The molecule has 6 heteroatoms. The highest BCUT2D eigenvalue weighted by Crippen LogP contribution is 2.21. The molecule has 24 heavy (non-hydrogen) atoms. The summed E-state index contributed by atoms with van der Waals surface area (Å²) >= 11 is 0. The summed E-state index contributed by atoms with van der Waals surface area (Å²) in [7, 11) is 0. The molecule has 2 heterocycles. The molecule has 1 amide bonds. The lowest BCUT2D eigenvalue weighted by Gasteiger charge is -2.19. The van der Waals surface area contributed by atoms with Gasteiger partial charge in [0.1, 0.15) is 11.6 Å². The van der Waals surface area contributed by atoms with Crippen molar-refractivity contribution in [3.8, 4) is 5.75 Å². The summed E-state index contributed by atoms with van der Waals surface area (Å²) in [6.07, 6.45) is 2.45. The summed E-state index contributed by atoms with van der Waals surface area (Å²) in [6.45, 7) is 10.2. The minimum absolute atomic E-state index is 0.0566. The molecular weight excluding hydrogens is 304 g/mol. The van der Waals surface area contributed by atoms with Gasteiger partial charge in [0, 0.05) is 11.8 Å². The van der Waals surface area contributed by atoms with E-state index in [1.54, 1.807) is 12.3 Å². The number of carbonyl (C=O) groups is 1. The number of aromatic nitrogens is 3. The van der Waals surface area contributed by atoms with Gasteiger partial charge in [0.05, 0.1) is 17.9 Å². The zero-order chi connectivity index (χ0) is 17.7. The van der Waals surface area contributed by atoms with Crippen molar-refractivity contribution in [3.05, 3.63) is 35.8 Å². The summed E-state index contributed by atoms with van der Waals surface area (Å²) in [5.41, 5.74) is 1.80. The van der Waals surface area contributed by atoms with Crippen LogP contribution in [0, 0.1) is 12.8 Å². The Morgan fingerprint density at radius 2 is 2.04 bits per heavy atom. The Bertz CT molecular complexity index is 694. The average molecular weight is 330 g/mol. The lowest BCUT2D eigenvalue weighted by Crippen LogP contribution is -2.24. The molecule has 0 aliphatic rings. The fraction of sp³-hybridized carbons (Fsp3) is 0.500. The average Bonchev–Trinajstić information content (AvgIpc) is 3.00. The van der Waals surface area contributed by atoms with Gasteiger partial charge in [-0.05, 0) is 38.3 Å². The first-order chi connectivity index (χ1) is 11.4. The first-order valence-corrected chi connectivity index (χ1v) is 8.35. The number of ether oxygens (including phenoxy) is 1. The van der Waals surface area contributed by atoms with E-state index in [1.165, 1.54) is 0 Å². The second kappa shape index (κ2) is 7.95. The number of hydrogen-bond acceptors (Lipinski definition) is 4. The number of nitrogens with zero attached hydrogens (tertiary/aromatic N) is 3. The molecule has 130 valence electrons. The van der Waals surface area contributed by atoms with Gasteiger partial charge in [-0.2, -0.15) is 5.10 Å². The Kier molecular flexibility index (Phi) is 5.95. The monoisotopic (exact) mass is 330 g/mol. The standard InChI is InChI=1S/C18H26N4O2/c1-6-15-16(8-7-13(4)20-15)24-11-18(23)21-17-9-10-19-22(17)14(5)12(2)3/h7-10,12,14H,6,11H2,1-5H3,(H,21,23). The molecule has 0 spiro atoms. The number of aryl methyl sites for hydroxylation is 2. The highest BCUT2D eigenvalue weighted by atomic mass is 16.5. The predicted octanol–water partition coefficient (Wildman–Crippen LogP) is 3.38. The molecule has 0 aliphatic heterocycles. The third-order valence-corrected chi connectivity index (χ3v) is 4.05. The summed E-state index contributed by atoms with van der Waals surface area (Å²) in [6, 6.07) is 5.73. The van der Waals surface area contributed by atoms with Crippen LogP contribution in [0.5, 0.6) is 5.75 Å². The smallest absolute Gasteiger partial charge is 0.263 e. The van der Waals surface area contributed by atoms with E-state index in [0.717, 1.165) is 17.8 Å². The highest BCUT2D eigenvalue weighted by Gasteiger charge is 2.16. The van der Waals surface area contributed by atoms with E-state index >= 15 is 0 Å². The first-order valence-electron chi connectivity index (χ1n) is 8.35. The molecule has 1 N–H and O–H groups in total. The number of carbonyl (C=O) groups excluding carboxylic acids is 1. The largest absolute Gasteiger partial charge is 0.482 e. The Morgan fingerprint density at radius 3 is 2.71 bits per heavy atom. The van der Waals surface area contributed by atoms with E-state index < -0.39 is 0 Å². The van der Waals surface area contributed by atoms with E-state index in [-0.39, 0.29) is 18.6 Å². The minimum atomic E-state index is -0.213. The summed E-state index contributed by atoms with van der Waals surface area (Å²) in [5.74, 6) is 1.54. The summed E-state index contributed by atoms with van der Waals surface area (Å²) in [5, 5.41) is 7.16. The molecule has 0 radical (unpaired) electrons. The maximum absolute atomic E-state index is 12.2. The summed E-state index contributed by atoms with van der Waals surface area (Å²) in [4.78, 5) is 16.6. The molecule has 0 fully saturated rings. The van der Waals surface area contributed by atoms with Gasteiger partial charge in [-0.3, -0.25) is 9.78 Å². The van der Waals surface area contributed by atoms with Crippen molar-refractivity contribution in [3.63, 3.8) is 0 Å². The van der Waals surface area contributed by atoms with Crippen molar-refractivity contribution >= 4 is 11.7 Å². The van der Waals surface area contributed by atoms with Crippen LogP contribution >= 0.6 is 0 Å². The molecule has 1 unspecified atom stereocenters. The van der Waals surface area contributed by atoms with Crippen LogP contribution in [-0.4, -0.2) is 27.3 Å². The molecule has 0 saturated heterocycles. The Hall–Kier alpha value is -2.37. The van der Waals surface area contributed by atoms with Crippen molar-refractivity contribution in [2.24, 2.45) is 5.92 Å². The van der Waals surface area contributed by atoms with E-state index in [2.05, 4.69) is 36.2 Å². The molecular formula is C18H26N4O2. The lowest BCUT2D eigenvalue weighted by atomic mass is 10.1. The molecule has 0 aliphatic carbocycles. The van der Waals surface area contributed by atoms with Gasteiger partial charge in [0.2, 0.25) is 0 Å². The number of pyridine rings is 1. The van der Waals surface area contributed by atoms with Crippen LogP contribution in [0.25, 0.3) is 0 Å². The fourth-order valence-electron chi connectivity index (χ4n) is 2.32. The number of rotatable bonds is 7. The van der Waals surface area contributed by atoms with Crippen LogP contribution < -0.4 is 10.1 Å². The first kappa shape index (κ1) is 18.0. The van der Waals surface area contributed by atoms with Crippen LogP contribution in [0.3, 0.4) is 0 Å². The van der Waals surface area contributed by atoms with Crippen molar-refractivity contribution in [2.75, 3.05) is 11.9 Å². The third-order valence-electron chi connectivity index (χ3n) is 4.05. The topological polar surface area (TPSA) is 69.0 Å². The molecule has 2 aromatic rings. The van der Waals surface area contributed by atoms with Crippen LogP contribution in [0.4, 0.5) is 5.82 Å². The number of nitrogens with one attached hydrogen (secondary N) is 1.